The third kappa shape index (κ3) is 1.97. The van der Waals surface area contributed by atoms with Crippen LogP contribution in [0.3, 0.4) is 0 Å². The van der Waals surface area contributed by atoms with Crippen LogP contribution in [-0.4, -0.2) is 9.78 Å². The van der Waals surface area contributed by atoms with E-state index in [-0.39, 0.29) is 5.82 Å². The SMILES string of the molecule is Cc1cn(-c2ccc(F)cc2I)nc1N. The number of rotatable bonds is 1. The molecule has 0 atom stereocenters. The molecule has 0 saturated heterocycles. The van der Waals surface area contributed by atoms with Crippen LogP contribution in [0.15, 0.2) is 24.4 Å². The molecule has 1 heterocycles. The lowest BCUT2D eigenvalue weighted by molar-refractivity contribution is 0.626. The zero-order valence-electron chi connectivity index (χ0n) is 8.04. The van der Waals surface area contributed by atoms with Crippen molar-refractivity contribution in [1.29, 1.82) is 0 Å². The molecule has 0 aliphatic carbocycles. The maximum absolute atomic E-state index is 12.9. The predicted octanol–water partition coefficient (Wildman–Crippen LogP) is 2.51. The van der Waals surface area contributed by atoms with E-state index in [9.17, 15) is 4.39 Å². The van der Waals surface area contributed by atoms with E-state index in [2.05, 4.69) is 27.7 Å². The molecule has 0 fully saturated rings. The quantitative estimate of drug-likeness (QED) is 0.822. The van der Waals surface area contributed by atoms with Crippen LogP contribution in [0.25, 0.3) is 5.69 Å². The van der Waals surface area contributed by atoms with Crippen LogP contribution in [0.1, 0.15) is 5.56 Å². The molecule has 2 rings (SSSR count). The summed E-state index contributed by atoms with van der Waals surface area (Å²) in [6.07, 6.45) is 1.82. The van der Waals surface area contributed by atoms with Gasteiger partial charge in [0.2, 0.25) is 0 Å². The van der Waals surface area contributed by atoms with Crippen molar-refractivity contribution in [3.05, 3.63) is 39.3 Å². The Hall–Kier alpha value is -1.11. The number of anilines is 1. The summed E-state index contributed by atoms with van der Waals surface area (Å²) in [5, 5.41) is 4.14. The first-order chi connectivity index (χ1) is 7.08. The Labute approximate surface area is 100 Å². The van der Waals surface area contributed by atoms with Gasteiger partial charge in [0.1, 0.15) is 11.6 Å². The Morgan fingerprint density at radius 3 is 2.73 bits per heavy atom. The molecule has 0 amide bonds. The highest BCUT2D eigenvalue weighted by atomic mass is 127. The number of hydrogen-bond donors (Lipinski definition) is 1. The van der Waals surface area contributed by atoms with Gasteiger partial charge in [0.25, 0.3) is 0 Å². The number of nitrogens with zero attached hydrogens (tertiary/aromatic N) is 2. The van der Waals surface area contributed by atoms with Crippen molar-refractivity contribution < 1.29 is 4.39 Å². The molecule has 0 radical (unpaired) electrons. The van der Waals surface area contributed by atoms with E-state index < -0.39 is 0 Å². The maximum Gasteiger partial charge on any atom is 0.148 e. The van der Waals surface area contributed by atoms with Crippen LogP contribution < -0.4 is 5.73 Å². The molecule has 0 spiro atoms. The van der Waals surface area contributed by atoms with Crippen LogP contribution in [0, 0.1) is 16.3 Å². The smallest absolute Gasteiger partial charge is 0.148 e. The van der Waals surface area contributed by atoms with Crippen molar-refractivity contribution in [2.24, 2.45) is 0 Å². The van der Waals surface area contributed by atoms with E-state index in [0.717, 1.165) is 14.8 Å². The van der Waals surface area contributed by atoms with Crippen LogP contribution in [0.5, 0.6) is 0 Å². The molecule has 3 nitrogen and oxygen atoms in total. The molecular formula is C10H9FIN3. The summed E-state index contributed by atoms with van der Waals surface area (Å²) in [7, 11) is 0. The first kappa shape index (κ1) is 10.4. The molecule has 15 heavy (non-hydrogen) atoms. The van der Waals surface area contributed by atoms with Gasteiger partial charge in [-0.2, -0.15) is 5.10 Å². The molecule has 2 N–H and O–H groups in total. The molecule has 1 aromatic carbocycles. The van der Waals surface area contributed by atoms with E-state index in [0.29, 0.717) is 5.82 Å². The van der Waals surface area contributed by atoms with Gasteiger partial charge in [-0.15, -0.1) is 0 Å². The van der Waals surface area contributed by atoms with E-state index in [4.69, 9.17) is 5.73 Å². The average molecular weight is 317 g/mol. The summed E-state index contributed by atoms with van der Waals surface area (Å²) in [6.45, 7) is 1.88. The Balaban J connectivity index is 2.54. The zero-order valence-corrected chi connectivity index (χ0v) is 10.2. The Morgan fingerprint density at radius 1 is 1.47 bits per heavy atom. The fourth-order valence-electron chi connectivity index (χ4n) is 1.26. The number of aryl methyl sites for hydroxylation is 1. The second kappa shape index (κ2) is 3.80. The predicted molar refractivity (Wildman–Crippen MR) is 65.4 cm³/mol. The Morgan fingerprint density at radius 2 is 2.20 bits per heavy atom. The van der Waals surface area contributed by atoms with Gasteiger partial charge in [-0.25, -0.2) is 9.07 Å². The number of hydrogen-bond acceptors (Lipinski definition) is 2. The standard InChI is InChI=1S/C10H9FIN3/c1-6-5-15(14-10(6)13)9-3-2-7(11)4-8(9)12/h2-5H,1H3,(H2,13,14). The first-order valence-corrected chi connectivity index (χ1v) is 5.43. The van der Waals surface area contributed by atoms with E-state index in [1.807, 2.05) is 13.1 Å². The number of nitrogens with two attached hydrogens (primary N) is 1. The van der Waals surface area contributed by atoms with Crippen molar-refractivity contribution in [1.82, 2.24) is 9.78 Å². The van der Waals surface area contributed by atoms with Crippen LogP contribution >= 0.6 is 22.6 Å². The number of aromatic nitrogens is 2. The Kier molecular flexibility index (Phi) is 2.64. The Bertz CT molecular complexity index is 488. The molecule has 1 aromatic heterocycles. The number of halogens is 2. The summed E-state index contributed by atoms with van der Waals surface area (Å²) in [5.74, 6) is 0.245. The van der Waals surface area contributed by atoms with Gasteiger partial charge in [0.15, 0.2) is 0 Å². The maximum atomic E-state index is 12.9. The molecule has 0 unspecified atom stereocenters. The van der Waals surface area contributed by atoms with E-state index in [1.54, 1.807) is 10.7 Å². The van der Waals surface area contributed by atoms with Gasteiger partial charge in [-0.3, -0.25) is 0 Å². The van der Waals surface area contributed by atoms with Crippen molar-refractivity contribution in [2.45, 2.75) is 6.92 Å². The van der Waals surface area contributed by atoms with Gasteiger partial charge in [-0.05, 0) is 47.7 Å². The molecule has 0 bridgehead atoms. The lowest BCUT2D eigenvalue weighted by atomic mass is 10.3. The average Bonchev–Trinajstić information content (AvgIpc) is 2.46. The molecule has 5 heteroatoms. The van der Waals surface area contributed by atoms with Crippen LogP contribution in [0.2, 0.25) is 0 Å². The highest BCUT2D eigenvalue weighted by molar-refractivity contribution is 14.1. The summed E-state index contributed by atoms with van der Waals surface area (Å²) in [4.78, 5) is 0. The topological polar surface area (TPSA) is 43.8 Å². The molecule has 0 aliphatic rings. The minimum Gasteiger partial charge on any atom is -0.382 e. The van der Waals surface area contributed by atoms with Crippen LogP contribution in [-0.2, 0) is 0 Å². The highest BCUT2D eigenvalue weighted by Gasteiger charge is 2.07. The monoisotopic (exact) mass is 317 g/mol. The second-order valence-electron chi connectivity index (χ2n) is 3.24. The lowest BCUT2D eigenvalue weighted by Crippen LogP contribution is -1.99. The molecule has 0 aliphatic heterocycles. The van der Waals surface area contributed by atoms with Gasteiger partial charge in [0, 0.05) is 15.3 Å². The van der Waals surface area contributed by atoms with Crippen molar-refractivity contribution in [2.75, 3.05) is 5.73 Å². The summed E-state index contributed by atoms with van der Waals surface area (Å²) >= 11 is 2.07. The normalized spacial score (nSPS) is 10.6. The third-order valence-electron chi connectivity index (χ3n) is 2.09. The summed E-state index contributed by atoms with van der Waals surface area (Å²) in [6, 6.07) is 4.55. The molecule has 0 saturated carbocycles. The van der Waals surface area contributed by atoms with Gasteiger partial charge < -0.3 is 5.73 Å². The molecule has 2 aromatic rings. The molecule has 78 valence electrons. The van der Waals surface area contributed by atoms with Crippen LogP contribution in [0.4, 0.5) is 10.2 Å². The van der Waals surface area contributed by atoms with Gasteiger partial charge in [0.05, 0.1) is 5.69 Å². The second-order valence-corrected chi connectivity index (χ2v) is 4.40. The fourth-order valence-corrected chi connectivity index (χ4v) is 1.99. The number of benzene rings is 1. The molecular weight excluding hydrogens is 308 g/mol. The first-order valence-electron chi connectivity index (χ1n) is 4.35. The lowest BCUT2D eigenvalue weighted by Gasteiger charge is -2.03. The highest BCUT2D eigenvalue weighted by Crippen LogP contribution is 2.19. The van der Waals surface area contributed by atoms with Gasteiger partial charge >= 0.3 is 0 Å². The summed E-state index contributed by atoms with van der Waals surface area (Å²) < 4.78 is 15.3. The zero-order chi connectivity index (χ0) is 11.0. The summed E-state index contributed by atoms with van der Waals surface area (Å²) in [5.41, 5.74) is 7.39. The van der Waals surface area contributed by atoms with Crippen molar-refractivity contribution in [3.63, 3.8) is 0 Å². The minimum absolute atomic E-state index is 0.250. The minimum atomic E-state index is -0.250. The fraction of sp³-hybridized carbons (Fsp3) is 0.100. The number of nitrogen functional groups attached to an aromatic ring is 1. The van der Waals surface area contributed by atoms with E-state index >= 15 is 0 Å². The largest absolute Gasteiger partial charge is 0.382 e. The third-order valence-corrected chi connectivity index (χ3v) is 2.96. The van der Waals surface area contributed by atoms with Crippen molar-refractivity contribution >= 4 is 28.4 Å². The van der Waals surface area contributed by atoms with Crippen molar-refractivity contribution in [3.8, 4) is 5.69 Å². The van der Waals surface area contributed by atoms with E-state index in [1.165, 1.54) is 12.1 Å². The van der Waals surface area contributed by atoms with Gasteiger partial charge in [-0.1, -0.05) is 0 Å².